The predicted molar refractivity (Wildman–Crippen MR) is 321 cm³/mol. The fourth-order valence-electron chi connectivity index (χ4n) is 8.14. The average molecular weight is 1100 g/mol. The van der Waals surface area contributed by atoms with E-state index in [1.807, 2.05) is 12.2 Å². The van der Waals surface area contributed by atoms with Crippen LogP contribution < -0.4 is 0 Å². The van der Waals surface area contributed by atoms with Gasteiger partial charge in [-0.1, -0.05) is 206 Å². The molecule has 0 aromatic rings. The third-order valence-corrected chi connectivity index (χ3v) is 12.7. The van der Waals surface area contributed by atoms with E-state index in [0.717, 1.165) is 109 Å². The maximum Gasteiger partial charge on any atom is 0.335 e. The van der Waals surface area contributed by atoms with Gasteiger partial charge in [-0.25, -0.2) is 4.79 Å². The van der Waals surface area contributed by atoms with Crippen molar-refractivity contribution in [3.05, 3.63) is 134 Å². The molecule has 6 atom stereocenters. The number of hydrogen-bond acceptors (Lipinski definition) is 11. The highest BCUT2D eigenvalue weighted by atomic mass is 16.7. The second kappa shape index (κ2) is 53.5. The van der Waals surface area contributed by atoms with Crippen LogP contribution in [0.1, 0.15) is 213 Å². The molecule has 1 rings (SSSR count). The molecule has 0 aliphatic carbocycles. The summed E-state index contributed by atoms with van der Waals surface area (Å²) >= 11 is 0. The molecular weight excluding hydrogens is 997 g/mol. The molecule has 1 heterocycles. The monoisotopic (exact) mass is 1100 g/mol. The van der Waals surface area contributed by atoms with E-state index in [9.17, 15) is 34.5 Å². The Hall–Kier alpha value is -5.14. The van der Waals surface area contributed by atoms with Crippen molar-refractivity contribution in [2.24, 2.45) is 0 Å². The zero-order valence-electron chi connectivity index (χ0n) is 48.8. The van der Waals surface area contributed by atoms with E-state index in [2.05, 4.69) is 142 Å². The number of allylic oxidation sites excluding steroid dienone is 22. The molecule has 1 fully saturated rings. The number of carboxylic acid groups (broad SMARTS) is 1. The van der Waals surface area contributed by atoms with Crippen molar-refractivity contribution in [2.45, 2.75) is 250 Å². The minimum absolute atomic E-state index is 0.00691. The van der Waals surface area contributed by atoms with Crippen LogP contribution in [0.25, 0.3) is 0 Å². The lowest BCUT2D eigenvalue weighted by molar-refractivity contribution is -0.301. The largest absolute Gasteiger partial charge is 0.479 e. The highest BCUT2D eigenvalue weighted by Gasteiger charge is 2.50. The van der Waals surface area contributed by atoms with Crippen LogP contribution in [0.3, 0.4) is 0 Å². The van der Waals surface area contributed by atoms with Crippen LogP contribution in [0.15, 0.2) is 134 Å². The van der Waals surface area contributed by atoms with Crippen molar-refractivity contribution >= 4 is 23.9 Å². The zero-order valence-corrected chi connectivity index (χ0v) is 48.8. The summed E-state index contributed by atoms with van der Waals surface area (Å²) in [5, 5.41) is 31.5. The van der Waals surface area contributed by atoms with Gasteiger partial charge in [0.1, 0.15) is 18.8 Å². The molecule has 0 amide bonds. The van der Waals surface area contributed by atoms with Crippen molar-refractivity contribution in [3.63, 3.8) is 0 Å². The Bertz CT molecular complexity index is 1880. The van der Waals surface area contributed by atoms with Gasteiger partial charge in [0.2, 0.25) is 0 Å². The topological polar surface area (TPSA) is 175 Å². The Balaban J connectivity index is 2.77. The predicted octanol–water partition coefficient (Wildman–Crippen LogP) is 15.8. The van der Waals surface area contributed by atoms with E-state index in [1.165, 1.54) is 38.5 Å². The number of hydrogen-bond donors (Lipinski definition) is 3. The summed E-state index contributed by atoms with van der Waals surface area (Å²) < 4.78 is 28.3. The molecule has 1 saturated heterocycles. The summed E-state index contributed by atoms with van der Waals surface area (Å²) in [5.74, 6) is -3.32. The molecule has 79 heavy (non-hydrogen) atoms. The molecule has 0 aromatic carbocycles. The Labute approximate surface area is 477 Å². The van der Waals surface area contributed by atoms with Crippen molar-refractivity contribution in [1.29, 1.82) is 0 Å². The second-order valence-corrected chi connectivity index (χ2v) is 19.9. The van der Waals surface area contributed by atoms with E-state index < -0.39 is 67.3 Å². The van der Waals surface area contributed by atoms with Gasteiger partial charge < -0.3 is 39.0 Å². The van der Waals surface area contributed by atoms with Gasteiger partial charge in [0.25, 0.3) is 0 Å². The van der Waals surface area contributed by atoms with Crippen molar-refractivity contribution < 1.29 is 58.2 Å². The van der Waals surface area contributed by atoms with Crippen LogP contribution in [0.2, 0.25) is 0 Å². The summed E-state index contributed by atoms with van der Waals surface area (Å²) in [6.07, 6.45) is 62.9. The minimum Gasteiger partial charge on any atom is -0.479 e. The van der Waals surface area contributed by atoms with Crippen molar-refractivity contribution in [2.75, 3.05) is 13.2 Å². The van der Waals surface area contributed by atoms with Crippen LogP contribution >= 0.6 is 0 Å². The highest BCUT2D eigenvalue weighted by molar-refractivity contribution is 5.74. The van der Waals surface area contributed by atoms with E-state index in [4.69, 9.17) is 23.7 Å². The summed E-state index contributed by atoms with van der Waals surface area (Å²) in [6.45, 7) is 5.66. The number of carboxylic acids is 1. The van der Waals surface area contributed by atoms with Crippen LogP contribution in [0.4, 0.5) is 0 Å². The molecule has 0 bridgehead atoms. The average Bonchev–Trinajstić information content (AvgIpc) is 3.46. The first-order valence-electron chi connectivity index (χ1n) is 30.2. The zero-order chi connectivity index (χ0) is 57.5. The molecule has 0 radical (unpaired) electrons. The molecule has 12 heteroatoms. The van der Waals surface area contributed by atoms with Gasteiger partial charge in [0, 0.05) is 19.3 Å². The number of aliphatic carboxylic acids is 1. The second-order valence-electron chi connectivity index (χ2n) is 19.9. The first-order chi connectivity index (χ1) is 38.6. The number of esters is 3. The lowest BCUT2D eigenvalue weighted by Gasteiger charge is -2.40. The number of rotatable bonds is 49. The number of aliphatic hydroxyl groups is 2. The van der Waals surface area contributed by atoms with E-state index in [1.54, 1.807) is 0 Å². The Morgan fingerprint density at radius 2 is 0.823 bits per heavy atom. The molecule has 3 N–H and O–H groups in total. The van der Waals surface area contributed by atoms with E-state index >= 15 is 0 Å². The molecule has 0 saturated carbocycles. The fraction of sp³-hybridized carbons (Fsp3) is 0.612. The maximum atomic E-state index is 13.2. The van der Waals surface area contributed by atoms with E-state index in [0.29, 0.717) is 25.7 Å². The standard InChI is InChI=1S/C67H104O12/c1-4-7-10-13-16-19-22-25-28-29-30-31-34-35-38-41-44-47-50-53-59(68)75-56-58(77-60(69)54-51-48-45-42-39-36-32-26-23-20-17-14-11-8-5-2)57-76-67-65(63(72)62(71)64(79-67)66(73)74)78-61(70)55-52-49-46-43-40-37-33-27-24-21-18-15-12-9-6-3/h7,9-10,12,16,18-19,21,25-28,30-33,35,38,40,43-44,47,58,62-65,67,71-72H,4-6,8,11,13-15,17,20,22-24,29,34,36-37,39,41-42,45-46,48-57H2,1-3H3,(H,73,74)/b10-7-,12-9-,19-16-,21-18-,28-25-,31-30-,32-26-,33-27-,38-35-,43-40-,47-44-. The van der Waals surface area contributed by atoms with Gasteiger partial charge in [-0.2, -0.15) is 0 Å². The van der Waals surface area contributed by atoms with Crippen LogP contribution in [-0.2, 0) is 42.9 Å². The van der Waals surface area contributed by atoms with Gasteiger partial charge in [0.15, 0.2) is 24.6 Å². The van der Waals surface area contributed by atoms with Crippen molar-refractivity contribution in [1.82, 2.24) is 0 Å². The molecule has 1 aliphatic rings. The minimum atomic E-state index is -1.93. The molecule has 6 unspecified atom stereocenters. The number of ether oxygens (including phenoxy) is 5. The number of carbonyl (C=O) groups is 4. The van der Waals surface area contributed by atoms with Gasteiger partial charge in [-0.3, -0.25) is 14.4 Å². The van der Waals surface area contributed by atoms with Gasteiger partial charge in [0.05, 0.1) is 6.61 Å². The van der Waals surface area contributed by atoms with Gasteiger partial charge in [-0.15, -0.1) is 0 Å². The third kappa shape index (κ3) is 43.4. The lowest BCUT2D eigenvalue weighted by atomic mass is 9.98. The quantitative estimate of drug-likeness (QED) is 0.0228. The van der Waals surface area contributed by atoms with Crippen LogP contribution in [-0.4, -0.2) is 89.2 Å². The van der Waals surface area contributed by atoms with Gasteiger partial charge in [-0.05, 0) is 122 Å². The summed E-state index contributed by atoms with van der Waals surface area (Å²) in [6, 6.07) is 0. The van der Waals surface area contributed by atoms with Gasteiger partial charge >= 0.3 is 23.9 Å². The summed E-state index contributed by atoms with van der Waals surface area (Å²) in [5.41, 5.74) is 0. The highest BCUT2D eigenvalue weighted by Crippen LogP contribution is 2.26. The third-order valence-electron chi connectivity index (χ3n) is 12.7. The smallest absolute Gasteiger partial charge is 0.335 e. The first kappa shape index (κ1) is 71.9. The van der Waals surface area contributed by atoms with E-state index in [-0.39, 0.29) is 25.9 Å². The number of unbranched alkanes of at least 4 members (excludes halogenated alkanes) is 13. The molecule has 0 spiro atoms. The lowest BCUT2D eigenvalue weighted by Crippen LogP contribution is -2.61. The summed E-state index contributed by atoms with van der Waals surface area (Å²) in [4.78, 5) is 51.1. The Morgan fingerprint density at radius 3 is 1.30 bits per heavy atom. The van der Waals surface area contributed by atoms with Crippen molar-refractivity contribution in [3.8, 4) is 0 Å². The first-order valence-corrected chi connectivity index (χ1v) is 30.2. The number of carbonyl (C=O) groups excluding carboxylic acids is 3. The SMILES string of the molecule is CC/C=C\C/C=C\C/C=C\C/C=C\C/C=C\C/C=C\CCC(=O)OCC(COC1OC(C(=O)O)C(O)C(O)C1OC(=O)CCCC/C=C\C/C=C\C/C=C\C/C=C\CC)OC(=O)CCCCCCC/C=C\CCCCCCCC. The normalized spacial score (nSPS) is 18.8. The molecule has 12 nitrogen and oxygen atoms in total. The Kier molecular flexibility index (Phi) is 48.7. The molecule has 1 aliphatic heterocycles. The fourth-order valence-corrected chi connectivity index (χ4v) is 8.14. The Morgan fingerprint density at radius 1 is 0.430 bits per heavy atom. The maximum absolute atomic E-state index is 13.2. The number of aliphatic hydroxyl groups excluding tert-OH is 2. The van der Waals surface area contributed by atoms with Crippen LogP contribution in [0.5, 0.6) is 0 Å². The van der Waals surface area contributed by atoms with Crippen LogP contribution in [0, 0.1) is 0 Å². The molecule has 444 valence electrons. The molecule has 0 aromatic heterocycles. The summed E-state index contributed by atoms with van der Waals surface area (Å²) in [7, 11) is 0. The molecular formula is C67H104O12.